The summed E-state index contributed by atoms with van der Waals surface area (Å²) >= 11 is 10.7. The van der Waals surface area contributed by atoms with Crippen LogP contribution in [0.4, 0.5) is 0 Å². The summed E-state index contributed by atoms with van der Waals surface area (Å²) in [5.41, 5.74) is 2.66. The molecule has 2 heterocycles. The van der Waals surface area contributed by atoms with Gasteiger partial charge in [-0.05, 0) is 78.8 Å². The van der Waals surface area contributed by atoms with Crippen molar-refractivity contribution >= 4 is 54.5 Å². The van der Waals surface area contributed by atoms with Crippen molar-refractivity contribution < 1.29 is 0 Å². The molecule has 17 heavy (non-hydrogen) atoms. The number of hydrogen-bond donors (Lipinski definition) is 1. The van der Waals surface area contributed by atoms with E-state index in [0.717, 1.165) is 16.8 Å². The second-order valence-electron chi connectivity index (χ2n) is 3.72. The van der Waals surface area contributed by atoms with Crippen LogP contribution >= 0.6 is 54.5 Å². The minimum Gasteiger partial charge on any atom is -0.306 e. The van der Waals surface area contributed by atoms with Crippen LogP contribution in [0.5, 0.6) is 0 Å². The highest BCUT2D eigenvalue weighted by Gasteiger charge is 2.18. The molecule has 1 N–H and O–H groups in total. The largest absolute Gasteiger partial charge is 0.306 e. The first-order valence-corrected chi connectivity index (χ1v) is 8.77. The molecule has 0 amide bonds. The second-order valence-corrected chi connectivity index (χ2v) is 8.25. The normalized spacial score (nSPS) is 12.9. The highest BCUT2D eigenvalue weighted by molar-refractivity contribution is 9.12. The Hall–Kier alpha value is 0.320. The van der Waals surface area contributed by atoms with Gasteiger partial charge in [0.1, 0.15) is 0 Å². The summed E-state index contributed by atoms with van der Waals surface area (Å²) in [6.07, 6.45) is 1.14. The number of rotatable bonds is 5. The molecule has 1 unspecified atom stereocenters. The third kappa shape index (κ3) is 3.41. The van der Waals surface area contributed by atoms with Gasteiger partial charge in [-0.1, -0.05) is 6.92 Å². The lowest BCUT2D eigenvalue weighted by Gasteiger charge is -2.17. The van der Waals surface area contributed by atoms with E-state index < -0.39 is 0 Å². The van der Waals surface area contributed by atoms with Crippen molar-refractivity contribution in [2.45, 2.75) is 19.4 Å². The van der Waals surface area contributed by atoms with Crippen LogP contribution < -0.4 is 5.32 Å². The molecular formula is C12H13Br2NS2. The molecule has 0 saturated heterocycles. The van der Waals surface area contributed by atoms with E-state index in [9.17, 15) is 0 Å². The van der Waals surface area contributed by atoms with Crippen LogP contribution in [0.2, 0.25) is 0 Å². The molecule has 1 nitrogen and oxygen atoms in total. The first-order valence-electron chi connectivity index (χ1n) is 5.42. The van der Waals surface area contributed by atoms with Gasteiger partial charge in [0.05, 0.1) is 13.6 Å². The molecular weight excluding hydrogens is 382 g/mol. The fourth-order valence-electron chi connectivity index (χ4n) is 1.69. The van der Waals surface area contributed by atoms with E-state index in [1.165, 1.54) is 14.9 Å². The predicted molar refractivity (Wildman–Crippen MR) is 84.2 cm³/mol. The number of hydrogen-bond acceptors (Lipinski definition) is 3. The number of halogens is 2. The maximum absolute atomic E-state index is 3.65. The van der Waals surface area contributed by atoms with Crippen LogP contribution in [0.1, 0.15) is 30.5 Å². The molecule has 0 aliphatic heterocycles. The smallest absolute Gasteiger partial charge is 0.0761 e. The van der Waals surface area contributed by atoms with E-state index in [2.05, 4.69) is 67.0 Å². The summed E-state index contributed by atoms with van der Waals surface area (Å²) in [6, 6.07) is 4.67. The van der Waals surface area contributed by atoms with E-state index in [4.69, 9.17) is 0 Å². The van der Waals surface area contributed by atoms with Crippen molar-refractivity contribution in [2.75, 3.05) is 6.54 Å². The maximum atomic E-state index is 3.65. The zero-order valence-corrected chi connectivity index (χ0v) is 14.2. The molecule has 0 fully saturated rings. The van der Waals surface area contributed by atoms with E-state index in [-0.39, 0.29) is 6.04 Å². The molecule has 0 aromatic carbocycles. The Bertz CT molecular complexity index is 465. The van der Waals surface area contributed by atoms with Crippen molar-refractivity contribution in [3.8, 4) is 0 Å². The minimum atomic E-state index is 0.290. The van der Waals surface area contributed by atoms with Gasteiger partial charge < -0.3 is 5.32 Å². The van der Waals surface area contributed by atoms with Gasteiger partial charge in [0.15, 0.2) is 0 Å². The van der Waals surface area contributed by atoms with E-state index in [1.54, 1.807) is 22.7 Å². The Kier molecular flexibility index (Phi) is 5.24. The van der Waals surface area contributed by atoms with Gasteiger partial charge in [0.25, 0.3) is 0 Å². The molecule has 1 atom stereocenters. The van der Waals surface area contributed by atoms with Gasteiger partial charge in [-0.2, -0.15) is 11.3 Å². The first kappa shape index (κ1) is 13.7. The standard InChI is InChI=1S/C12H13Br2NS2/c1-2-4-15-11(8-3-5-16-7-8)9-6-10(13)17-12(9)14/h3,5-7,11,15H,2,4H2,1H3. The van der Waals surface area contributed by atoms with Crippen LogP contribution in [0.3, 0.4) is 0 Å². The lowest BCUT2D eigenvalue weighted by Crippen LogP contribution is -2.22. The van der Waals surface area contributed by atoms with Crippen LogP contribution in [0.15, 0.2) is 30.5 Å². The maximum Gasteiger partial charge on any atom is 0.0761 e. The molecule has 2 aromatic rings. The van der Waals surface area contributed by atoms with Gasteiger partial charge in [0, 0.05) is 0 Å². The fourth-order valence-corrected chi connectivity index (χ4v) is 5.27. The molecule has 0 spiro atoms. The molecule has 2 rings (SSSR count). The molecule has 0 bridgehead atoms. The number of nitrogens with one attached hydrogen (secondary N) is 1. The van der Waals surface area contributed by atoms with Crippen molar-refractivity contribution in [3.05, 3.63) is 41.6 Å². The Balaban J connectivity index is 2.30. The van der Waals surface area contributed by atoms with E-state index in [1.807, 2.05) is 0 Å². The van der Waals surface area contributed by atoms with Crippen LogP contribution in [0.25, 0.3) is 0 Å². The van der Waals surface area contributed by atoms with Gasteiger partial charge >= 0.3 is 0 Å². The van der Waals surface area contributed by atoms with Crippen LogP contribution in [-0.2, 0) is 0 Å². The number of thiophene rings is 2. The molecule has 92 valence electrons. The molecule has 2 aromatic heterocycles. The topological polar surface area (TPSA) is 12.0 Å². The zero-order chi connectivity index (χ0) is 12.3. The highest BCUT2D eigenvalue weighted by atomic mass is 79.9. The zero-order valence-electron chi connectivity index (χ0n) is 9.37. The lowest BCUT2D eigenvalue weighted by atomic mass is 10.0. The van der Waals surface area contributed by atoms with Crippen molar-refractivity contribution in [1.82, 2.24) is 5.32 Å². The Morgan fingerprint density at radius 2 is 2.24 bits per heavy atom. The molecule has 0 saturated carbocycles. The Morgan fingerprint density at radius 1 is 1.41 bits per heavy atom. The molecule has 0 aliphatic rings. The highest BCUT2D eigenvalue weighted by Crippen LogP contribution is 2.38. The monoisotopic (exact) mass is 393 g/mol. The Labute approximate surface area is 127 Å². The van der Waals surface area contributed by atoms with Crippen molar-refractivity contribution in [3.63, 3.8) is 0 Å². The summed E-state index contributed by atoms with van der Waals surface area (Å²) in [5.74, 6) is 0. The summed E-state index contributed by atoms with van der Waals surface area (Å²) in [7, 11) is 0. The minimum absolute atomic E-state index is 0.290. The SMILES string of the molecule is CCCNC(c1ccsc1)c1cc(Br)sc1Br. The van der Waals surface area contributed by atoms with Crippen molar-refractivity contribution in [1.29, 1.82) is 0 Å². The van der Waals surface area contributed by atoms with Gasteiger partial charge in [-0.25, -0.2) is 0 Å². The third-order valence-electron chi connectivity index (χ3n) is 2.47. The van der Waals surface area contributed by atoms with E-state index in [0.29, 0.717) is 0 Å². The summed E-state index contributed by atoms with van der Waals surface area (Å²) in [4.78, 5) is 0. The predicted octanol–water partition coefficient (Wildman–Crippen LogP) is 5.42. The fraction of sp³-hybridized carbons (Fsp3) is 0.333. The Morgan fingerprint density at radius 3 is 2.76 bits per heavy atom. The summed E-state index contributed by atoms with van der Waals surface area (Å²) in [5, 5.41) is 7.95. The summed E-state index contributed by atoms with van der Waals surface area (Å²) in [6.45, 7) is 3.22. The quantitative estimate of drug-likeness (QED) is 0.713. The van der Waals surface area contributed by atoms with Crippen molar-refractivity contribution in [2.24, 2.45) is 0 Å². The molecule has 0 aliphatic carbocycles. The third-order valence-corrected chi connectivity index (χ3v) is 5.56. The summed E-state index contributed by atoms with van der Waals surface area (Å²) < 4.78 is 2.36. The van der Waals surface area contributed by atoms with E-state index >= 15 is 0 Å². The second kappa shape index (κ2) is 6.48. The van der Waals surface area contributed by atoms with Crippen LogP contribution in [-0.4, -0.2) is 6.54 Å². The van der Waals surface area contributed by atoms with Gasteiger partial charge in [0.2, 0.25) is 0 Å². The molecule has 5 heteroatoms. The average molecular weight is 395 g/mol. The molecule has 0 radical (unpaired) electrons. The van der Waals surface area contributed by atoms with Gasteiger partial charge in [-0.15, -0.1) is 11.3 Å². The average Bonchev–Trinajstić information content (AvgIpc) is 2.90. The van der Waals surface area contributed by atoms with Crippen LogP contribution in [0, 0.1) is 0 Å². The lowest BCUT2D eigenvalue weighted by molar-refractivity contribution is 0.600. The van der Waals surface area contributed by atoms with Gasteiger partial charge in [-0.3, -0.25) is 0 Å². The first-order chi connectivity index (χ1) is 8.22.